The molecule has 2 rings (SSSR count). The molecule has 0 N–H and O–H groups in total. The summed E-state index contributed by atoms with van der Waals surface area (Å²) >= 11 is 0. The lowest BCUT2D eigenvalue weighted by atomic mass is 9.80. The van der Waals surface area contributed by atoms with Crippen molar-refractivity contribution >= 4 is 5.78 Å². The van der Waals surface area contributed by atoms with Crippen LogP contribution in [0.5, 0.6) is 5.75 Å². The predicted octanol–water partition coefficient (Wildman–Crippen LogP) is 4.23. The lowest BCUT2D eigenvalue weighted by Gasteiger charge is -2.32. The van der Waals surface area contributed by atoms with Gasteiger partial charge in [0.15, 0.2) is 5.78 Å². The summed E-state index contributed by atoms with van der Waals surface area (Å²) in [5.74, 6) is 1.14. The van der Waals surface area contributed by atoms with Crippen LogP contribution in [0.25, 0.3) is 0 Å². The molecule has 19 heavy (non-hydrogen) atoms. The molecule has 1 fully saturated rings. The van der Waals surface area contributed by atoms with Crippen molar-refractivity contribution in [3.05, 3.63) is 29.6 Å². The highest BCUT2D eigenvalue weighted by atomic mass is 19.1. The molecule has 3 unspecified atom stereocenters. The molecule has 3 heteroatoms. The number of halogens is 1. The second kappa shape index (κ2) is 5.72. The van der Waals surface area contributed by atoms with E-state index < -0.39 is 5.82 Å². The molecule has 104 valence electrons. The molecule has 2 nitrogen and oxygen atoms in total. The zero-order valence-corrected chi connectivity index (χ0v) is 11.8. The molecule has 1 aromatic carbocycles. The summed E-state index contributed by atoms with van der Waals surface area (Å²) in [6, 6.07) is 4.50. The van der Waals surface area contributed by atoms with E-state index in [4.69, 9.17) is 4.74 Å². The van der Waals surface area contributed by atoms with Crippen LogP contribution in [0.2, 0.25) is 0 Å². The van der Waals surface area contributed by atoms with Crippen LogP contribution in [-0.4, -0.2) is 11.9 Å². The fraction of sp³-hybridized carbons (Fsp3) is 0.562. The van der Waals surface area contributed by atoms with Gasteiger partial charge in [0.1, 0.15) is 11.6 Å². The maximum absolute atomic E-state index is 13.7. The number of ether oxygens (including phenoxy) is 1. The van der Waals surface area contributed by atoms with Gasteiger partial charge in [0.2, 0.25) is 0 Å². The Kier molecular flexibility index (Phi) is 4.23. The first-order chi connectivity index (χ1) is 8.97. The Hall–Kier alpha value is -1.38. The second-order valence-corrected chi connectivity index (χ2v) is 5.71. The monoisotopic (exact) mass is 264 g/mol. The zero-order chi connectivity index (χ0) is 14.0. The number of ketones is 1. The Bertz CT molecular complexity index is 470. The topological polar surface area (TPSA) is 26.3 Å². The molecule has 0 bridgehead atoms. The molecule has 0 heterocycles. The summed E-state index contributed by atoms with van der Waals surface area (Å²) in [6.45, 7) is 5.87. The van der Waals surface area contributed by atoms with Gasteiger partial charge in [0.05, 0.1) is 11.7 Å². The normalized spacial score (nSPS) is 27.1. The molecule has 1 aliphatic rings. The van der Waals surface area contributed by atoms with Gasteiger partial charge < -0.3 is 4.74 Å². The average molecular weight is 264 g/mol. The van der Waals surface area contributed by atoms with Crippen molar-refractivity contribution in [1.82, 2.24) is 0 Å². The molecule has 0 spiro atoms. The van der Waals surface area contributed by atoms with Gasteiger partial charge in [0.25, 0.3) is 0 Å². The number of Topliss-reactive ketones (excluding diaryl/α,β-unsaturated/α-hetero) is 1. The standard InChI is InChI=1S/C16H21FO2/c1-10-4-5-13(8-11(10)2)19-14-6-7-15(12(3)18)16(17)9-14/h6-7,9-11,13H,4-5,8H2,1-3H3. The molecule has 1 aliphatic carbocycles. The van der Waals surface area contributed by atoms with E-state index in [1.807, 2.05) is 0 Å². The Balaban J connectivity index is 2.04. The number of benzene rings is 1. The van der Waals surface area contributed by atoms with Gasteiger partial charge in [-0.2, -0.15) is 0 Å². The number of carbonyl (C=O) groups excluding carboxylic acids is 1. The summed E-state index contributed by atoms with van der Waals surface area (Å²) in [6.07, 6.45) is 3.34. The van der Waals surface area contributed by atoms with Gasteiger partial charge in [-0.25, -0.2) is 4.39 Å². The maximum Gasteiger partial charge on any atom is 0.162 e. The maximum atomic E-state index is 13.7. The molecule has 0 aliphatic heterocycles. The van der Waals surface area contributed by atoms with E-state index in [1.54, 1.807) is 6.07 Å². The first kappa shape index (κ1) is 14.0. The lowest BCUT2D eigenvalue weighted by Crippen LogP contribution is -2.28. The Morgan fingerprint density at radius 2 is 2.00 bits per heavy atom. The van der Waals surface area contributed by atoms with Crippen LogP contribution >= 0.6 is 0 Å². The average Bonchev–Trinajstić information content (AvgIpc) is 2.33. The van der Waals surface area contributed by atoms with E-state index in [0.29, 0.717) is 11.7 Å². The third kappa shape index (κ3) is 3.34. The summed E-state index contributed by atoms with van der Waals surface area (Å²) in [4.78, 5) is 11.2. The van der Waals surface area contributed by atoms with Crippen molar-refractivity contribution in [2.45, 2.75) is 46.1 Å². The Morgan fingerprint density at radius 1 is 1.26 bits per heavy atom. The first-order valence-electron chi connectivity index (χ1n) is 6.94. The van der Waals surface area contributed by atoms with Crippen molar-refractivity contribution in [1.29, 1.82) is 0 Å². The molecule has 0 radical (unpaired) electrons. The second-order valence-electron chi connectivity index (χ2n) is 5.71. The minimum absolute atomic E-state index is 0.123. The van der Waals surface area contributed by atoms with E-state index in [-0.39, 0.29) is 17.5 Å². The fourth-order valence-electron chi connectivity index (χ4n) is 2.65. The molecular weight excluding hydrogens is 243 g/mol. The SMILES string of the molecule is CC(=O)c1ccc(OC2CCC(C)C(C)C2)cc1F. The number of hydrogen-bond donors (Lipinski definition) is 0. The lowest BCUT2D eigenvalue weighted by molar-refractivity contribution is 0.0995. The number of rotatable bonds is 3. The molecular formula is C16H21FO2. The molecule has 3 atom stereocenters. The van der Waals surface area contributed by atoms with Gasteiger partial charge in [-0.1, -0.05) is 13.8 Å². The van der Waals surface area contributed by atoms with Gasteiger partial charge in [-0.3, -0.25) is 4.79 Å². The van der Waals surface area contributed by atoms with E-state index in [1.165, 1.54) is 19.1 Å². The number of carbonyl (C=O) groups is 1. The van der Waals surface area contributed by atoms with Crippen molar-refractivity contribution < 1.29 is 13.9 Å². The molecule has 0 saturated heterocycles. The third-order valence-corrected chi connectivity index (χ3v) is 4.17. The van der Waals surface area contributed by atoms with E-state index in [9.17, 15) is 9.18 Å². The van der Waals surface area contributed by atoms with Gasteiger partial charge in [-0.05, 0) is 50.2 Å². The minimum atomic E-state index is -0.498. The zero-order valence-electron chi connectivity index (χ0n) is 11.8. The quantitative estimate of drug-likeness (QED) is 0.764. The van der Waals surface area contributed by atoms with E-state index in [0.717, 1.165) is 25.2 Å². The molecule has 0 aromatic heterocycles. The highest BCUT2D eigenvalue weighted by Crippen LogP contribution is 2.32. The van der Waals surface area contributed by atoms with Crippen LogP contribution < -0.4 is 4.74 Å². The molecule has 0 amide bonds. The third-order valence-electron chi connectivity index (χ3n) is 4.17. The highest BCUT2D eigenvalue weighted by molar-refractivity contribution is 5.94. The van der Waals surface area contributed by atoms with Crippen molar-refractivity contribution in [3.8, 4) is 5.75 Å². The highest BCUT2D eigenvalue weighted by Gasteiger charge is 2.25. The summed E-state index contributed by atoms with van der Waals surface area (Å²) < 4.78 is 19.5. The van der Waals surface area contributed by atoms with Gasteiger partial charge in [0, 0.05) is 6.07 Å². The van der Waals surface area contributed by atoms with Crippen LogP contribution in [-0.2, 0) is 0 Å². The number of hydrogen-bond acceptors (Lipinski definition) is 2. The summed E-state index contributed by atoms with van der Waals surface area (Å²) in [5, 5.41) is 0. The van der Waals surface area contributed by atoms with Crippen molar-refractivity contribution in [3.63, 3.8) is 0 Å². The van der Waals surface area contributed by atoms with Crippen molar-refractivity contribution in [2.24, 2.45) is 11.8 Å². The Labute approximate surface area is 114 Å². The fourth-order valence-corrected chi connectivity index (χ4v) is 2.65. The Morgan fingerprint density at radius 3 is 2.58 bits per heavy atom. The van der Waals surface area contributed by atoms with Crippen LogP contribution in [0.1, 0.15) is 50.4 Å². The van der Waals surface area contributed by atoms with Crippen LogP contribution in [0.15, 0.2) is 18.2 Å². The first-order valence-corrected chi connectivity index (χ1v) is 6.94. The molecule has 1 saturated carbocycles. The largest absolute Gasteiger partial charge is 0.490 e. The predicted molar refractivity (Wildman–Crippen MR) is 73.0 cm³/mol. The van der Waals surface area contributed by atoms with E-state index in [2.05, 4.69) is 13.8 Å². The van der Waals surface area contributed by atoms with Gasteiger partial charge >= 0.3 is 0 Å². The van der Waals surface area contributed by atoms with Crippen LogP contribution in [0, 0.1) is 17.7 Å². The van der Waals surface area contributed by atoms with Crippen molar-refractivity contribution in [2.75, 3.05) is 0 Å². The molecule has 1 aromatic rings. The van der Waals surface area contributed by atoms with Crippen LogP contribution in [0.4, 0.5) is 4.39 Å². The summed E-state index contributed by atoms with van der Waals surface area (Å²) in [7, 11) is 0. The van der Waals surface area contributed by atoms with E-state index >= 15 is 0 Å². The van der Waals surface area contributed by atoms with Gasteiger partial charge in [-0.15, -0.1) is 0 Å². The smallest absolute Gasteiger partial charge is 0.162 e. The van der Waals surface area contributed by atoms with Crippen LogP contribution in [0.3, 0.4) is 0 Å². The minimum Gasteiger partial charge on any atom is -0.490 e. The summed E-state index contributed by atoms with van der Waals surface area (Å²) in [5.41, 5.74) is 0.123.